The molecule has 0 bridgehead atoms. The van der Waals surface area contributed by atoms with E-state index >= 15 is 0 Å². The van der Waals surface area contributed by atoms with E-state index in [1.807, 2.05) is 54.6 Å². The molecule has 4 atom stereocenters. The number of hydrogen-bond donors (Lipinski definition) is 1. The van der Waals surface area contributed by atoms with Gasteiger partial charge in [-0.05, 0) is 64.9 Å². The van der Waals surface area contributed by atoms with E-state index in [9.17, 15) is 9.59 Å². The molecule has 0 radical (unpaired) electrons. The Morgan fingerprint density at radius 3 is 2.50 bits per heavy atom. The number of benzene rings is 3. The lowest BCUT2D eigenvalue weighted by Gasteiger charge is -2.39. The molecule has 0 spiro atoms. The van der Waals surface area contributed by atoms with Crippen molar-refractivity contribution in [2.75, 3.05) is 6.54 Å². The van der Waals surface area contributed by atoms with Crippen LogP contribution in [0.15, 0.2) is 85.5 Å². The van der Waals surface area contributed by atoms with Crippen molar-refractivity contribution in [2.24, 2.45) is 5.92 Å². The molecule has 1 N–H and O–H groups in total. The van der Waals surface area contributed by atoms with Gasteiger partial charge in [0.25, 0.3) is 0 Å². The zero-order valence-electron chi connectivity index (χ0n) is 23.1. The molecule has 3 aromatic carbocycles. The molecule has 4 aromatic rings. The minimum Gasteiger partial charge on any atom is -0.457 e. The number of Topliss-reactive ketones (excluding diaryl/α,β-unsaturated/α-hetero) is 2. The first-order valence-corrected chi connectivity index (χ1v) is 13.9. The molecule has 0 unspecified atom stereocenters. The van der Waals surface area contributed by atoms with Gasteiger partial charge in [-0.3, -0.25) is 9.59 Å². The summed E-state index contributed by atoms with van der Waals surface area (Å²) in [5.41, 5.74) is 4.37. The fourth-order valence-electron chi connectivity index (χ4n) is 6.13. The van der Waals surface area contributed by atoms with Gasteiger partial charge in [0.1, 0.15) is 36.0 Å². The minimum atomic E-state index is -0.785. The maximum Gasteiger partial charge on any atom is 0.170 e. The molecule has 7 nitrogen and oxygen atoms in total. The predicted octanol–water partition coefficient (Wildman–Crippen LogP) is 5.74. The standard InChI is InChI=1S/C33H34N4O3/c1-33(2,3)23-11-13-24(14-12-23)40-25-9-6-8-22(17-25)27-18-28(38)29(32(39)31(27)37-20-34-19-36-37)30-26-10-5-4-7-21(26)15-16-35-30/h4-14,17,19-20,27,29-31,35H,15-16,18H2,1-3H3/t27-,29+,30-,31+/m0/s1. The topological polar surface area (TPSA) is 86.1 Å². The summed E-state index contributed by atoms with van der Waals surface area (Å²) < 4.78 is 7.81. The van der Waals surface area contributed by atoms with Crippen LogP contribution >= 0.6 is 0 Å². The molecule has 2 aliphatic rings. The second-order valence-electron chi connectivity index (χ2n) is 11.8. The number of carbonyl (C=O) groups excluding carboxylic acids is 2. The Kier molecular flexibility index (Phi) is 6.84. The fourth-order valence-corrected chi connectivity index (χ4v) is 6.13. The van der Waals surface area contributed by atoms with Crippen molar-refractivity contribution in [1.82, 2.24) is 20.1 Å². The quantitative estimate of drug-likeness (QED) is 0.329. The monoisotopic (exact) mass is 534 g/mol. The van der Waals surface area contributed by atoms with Crippen LogP contribution in [-0.2, 0) is 21.4 Å². The maximum absolute atomic E-state index is 14.2. The number of aromatic nitrogens is 3. The van der Waals surface area contributed by atoms with E-state index in [1.54, 1.807) is 11.0 Å². The van der Waals surface area contributed by atoms with Crippen LogP contribution in [0.5, 0.6) is 11.5 Å². The maximum atomic E-state index is 14.2. The highest BCUT2D eigenvalue weighted by molar-refractivity contribution is 6.08. The molecular formula is C33H34N4O3. The summed E-state index contributed by atoms with van der Waals surface area (Å²) in [6.45, 7) is 7.27. The van der Waals surface area contributed by atoms with Crippen LogP contribution < -0.4 is 10.1 Å². The SMILES string of the molecule is CC(C)(C)c1ccc(Oc2cccc([C@@H]3CC(=O)[C@H]([C@H]4NCCc5ccccc54)C(=O)[C@@H]3n3cncn3)c2)cc1. The number of hydrogen-bond acceptors (Lipinski definition) is 6. The average molecular weight is 535 g/mol. The Hall–Kier alpha value is -4.10. The molecule has 204 valence electrons. The zero-order valence-corrected chi connectivity index (χ0v) is 23.1. The number of carbonyl (C=O) groups is 2. The van der Waals surface area contributed by atoms with Gasteiger partial charge >= 0.3 is 0 Å². The predicted molar refractivity (Wildman–Crippen MR) is 152 cm³/mol. The van der Waals surface area contributed by atoms with Crippen molar-refractivity contribution in [2.45, 2.75) is 57.0 Å². The molecule has 1 fully saturated rings. The highest BCUT2D eigenvalue weighted by atomic mass is 16.5. The van der Waals surface area contributed by atoms with Crippen molar-refractivity contribution in [3.63, 3.8) is 0 Å². The van der Waals surface area contributed by atoms with Crippen molar-refractivity contribution < 1.29 is 14.3 Å². The Morgan fingerprint density at radius 1 is 0.950 bits per heavy atom. The van der Waals surface area contributed by atoms with Crippen molar-refractivity contribution in [1.29, 1.82) is 0 Å². The molecule has 7 heteroatoms. The van der Waals surface area contributed by atoms with E-state index in [-0.39, 0.29) is 35.4 Å². The van der Waals surface area contributed by atoms with Gasteiger partial charge in [0.05, 0.1) is 5.92 Å². The summed E-state index contributed by atoms with van der Waals surface area (Å²) in [4.78, 5) is 32.1. The molecule has 40 heavy (non-hydrogen) atoms. The molecule has 1 aromatic heterocycles. The largest absolute Gasteiger partial charge is 0.457 e. The third-order valence-electron chi connectivity index (χ3n) is 8.19. The molecular weight excluding hydrogens is 500 g/mol. The Bertz CT molecular complexity index is 1520. The van der Waals surface area contributed by atoms with Gasteiger partial charge in [0, 0.05) is 18.4 Å². The van der Waals surface area contributed by atoms with E-state index in [0.29, 0.717) is 5.75 Å². The third-order valence-corrected chi connectivity index (χ3v) is 8.19. The van der Waals surface area contributed by atoms with Gasteiger partial charge in [-0.2, -0.15) is 5.10 Å². The summed E-state index contributed by atoms with van der Waals surface area (Å²) in [6, 6.07) is 22.9. The summed E-state index contributed by atoms with van der Waals surface area (Å²) in [5.74, 6) is 0.0325. The Labute approximate surface area is 234 Å². The lowest BCUT2D eigenvalue weighted by atomic mass is 9.69. The van der Waals surface area contributed by atoms with E-state index in [0.717, 1.165) is 29.8 Å². The molecule has 1 saturated carbocycles. The summed E-state index contributed by atoms with van der Waals surface area (Å²) in [7, 11) is 0. The molecule has 6 rings (SSSR count). The number of nitrogens with one attached hydrogen (secondary N) is 1. The van der Waals surface area contributed by atoms with E-state index in [1.165, 1.54) is 17.5 Å². The summed E-state index contributed by atoms with van der Waals surface area (Å²) >= 11 is 0. The number of ether oxygens (including phenoxy) is 1. The summed E-state index contributed by atoms with van der Waals surface area (Å²) in [6.07, 6.45) is 4.11. The van der Waals surface area contributed by atoms with Gasteiger partial charge in [-0.15, -0.1) is 0 Å². The highest BCUT2D eigenvalue weighted by Gasteiger charge is 2.49. The second kappa shape index (κ2) is 10.5. The first-order valence-electron chi connectivity index (χ1n) is 13.9. The number of fused-ring (bicyclic) bond motifs is 1. The van der Waals surface area contributed by atoms with Crippen LogP contribution in [-0.4, -0.2) is 32.9 Å². The van der Waals surface area contributed by atoms with Crippen LogP contribution in [0, 0.1) is 5.92 Å². The molecule has 0 saturated heterocycles. The van der Waals surface area contributed by atoms with Crippen molar-refractivity contribution >= 4 is 11.6 Å². The molecule has 2 heterocycles. The van der Waals surface area contributed by atoms with Crippen LogP contribution in [0.4, 0.5) is 0 Å². The van der Waals surface area contributed by atoms with Crippen molar-refractivity contribution in [3.8, 4) is 11.5 Å². The number of rotatable bonds is 5. The van der Waals surface area contributed by atoms with Gasteiger partial charge in [-0.1, -0.05) is 69.3 Å². The molecule has 0 amide bonds. The average Bonchev–Trinajstić information content (AvgIpc) is 3.47. The van der Waals surface area contributed by atoms with Gasteiger partial charge < -0.3 is 10.1 Å². The fraction of sp³-hybridized carbons (Fsp3) is 0.333. The molecule has 1 aliphatic heterocycles. The van der Waals surface area contributed by atoms with Crippen LogP contribution in [0.25, 0.3) is 0 Å². The Balaban J connectivity index is 1.31. The number of nitrogens with zero attached hydrogens (tertiary/aromatic N) is 3. The molecule has 1 aliphatic carbocycles. The smallest absolute Gasteiger partial charge is 0.170 e. The zero-order chi connectivity index (χ0) is 27.9. The van der Waals surface area contributed by atoms with Gasteiger partial charge in [0.2, 0.25) is 0 Å². The highest BCUT2D eigenvalue weighted by Crippen LogP contribution is 2.44. The first-order chi connectivity index (χ1) is 19.3. The van der Waals surface area contributed by atoms with Crippen LogP contribution in [0.3, 0.4) is 0 Å². The third kappa shape index (κ3) is 4.97. The minimum absolute atomic E-state index is 0.0512. The van der Waals surface area contributed by atoms with Gasteiger partial charge in [-0.25, -0.2) is 9.67 Å². The first kappa shape index (κ1) is 26.1. The van der Waals surface area contributed by atoms with E-state index in [4.69, 9.17) is 4.74 Å². The Morgan fingerprint density at radius 2 is 1.75 bits per heavy atom. The van der Waals surface area contributed by atoms with Crippen LogP contribution in [0.1, 0.15) is 67.4 Å². The van der Waals surface area contributed by atoms with Crippen LogP contribution in [0.2, 0.25) is 0 Å². The normalized spacial score (nSPS) is 23.1. The second-order valence-corrected chi connectivity index (χ2v) is 11.8. The van der Waals surface area contributed by atoms with E-state index in [2.05, 4.69) is 54.4 Å². The van der Waals surface area contributed by atoms with Crippen molar-refractivity contribution in [3.05, 3.63) is 108 Å². The summed E-state index contributed by atoms with van der Waals surface area (Å²) in [5, 5.41) is 7.82. The van der Waals surface area contributed by atoms with E-state index < -0.39 is 12.0 Å². The number of ketones is 2. The lowest BCUT2D eigenvalue weighted by molar-refractivity contribution is -0.141. The lowest BCUT2D eigenvalue weighted by Crippen LogP contribution is -2.48. The van der Waals surface area contributed by atoms with Gasteiger partial charge in [0.15, 0.2) is 5.78 Å².